The SMILES string of the molecule is Cc1c(C)n(-c2ccc(Cl)cc2)c2ncn(CC(=O)N[C@@H](C)C(=O)N3CCCCC3)c(=O)c12. The van der Waals surface area contributed by atoms with Crippen molar-refractivity contribution in [1.82, 2.24) is 24.3 Å². The van der Waals surface area contributed by atoms with Gasteiger partial charge in [0.25, 0.3) is 5.56 Å². The summed E-state index contributed by atoms with van der Waals surface area (Å²) >= 11 is 6.02. The maximum atomic E-state index is 13.2. The van der Waals surface area contributed by atoms with E-state index in [4.69, 9.17) is 11.6 Å². The molecule has 33 heavy (non-hydrogen) atoms. The molecule has 0 saturated carbocycles. The van der Waals surface area contributed by atoms with Crippen LogP contribution in [0, 0.1) is 13.8 Å². The molecule has 1 aliphatic rings. The zero-order chi connectivity index (χ0) is 23.7. The maximum Gasteiger partial charge on any atom is 0.263 e. The summed E-state index contributed by atoms with van der Waals surface area (Å²) in [6, 6.07) is 6.67. The number of likely N-dealkylation sites (tertiary alicyclic amines) is 1. The van der Waals surface area contributed by atoms with Crippen LogP contribution in [-0.4, -0.2) is 50.0 Å². The van der Waals surface area contributed by atoms with Crippen LogP contribution in [0.3, 0.4) is 0 Å². The molecule has 0 spiro atoms. The van der Waals surface area contributed by atoms with Gasteiger partial charge in [-0.05, 0) is 69.9 Å². The summed E-state index contributed by atoms with van der Waals surface area (Å²) in [4.78, 5) is 44.7. The standard InChI is InChI=1S/C24H28ClN5O3/c1-15-17(3)30(19-9-7-18(25)8-10-19)22-21(15)24(33)29(14-26-22)13-20(31)27-16(2)23(32)28-11-5-4-6-12-28/h7-10,14,16H,4-6,11-13H2,1-3H3,(H,27,31)/t16-/m0/s1. The van der Waals surface area contributed by atoms with Gasteiger partial charge in [-0.3, -0.25) is 23.5 Å². The van der Waals surface area contributed by atoms with Gasteiger partial charge in [0.05, 0.1) is 5.39 Å². The van der Waals surface area contributed by atoms with Gasteiger partial charge in [0.15, 0.2) is 5.65 Å². The van der Waals surface area contributed by atoms with Gasteiger partial charge in [-0.2, -0.15) is 0 Å². The highest BCUT2D eigenvalue weighted by molar-refractivity contribution is 6.30. The minimum atomic E-state index is -0.641. The molecule has 0 radical (unpaired) electrons. The van der Waals surface area contributed by atoms with E-state index >= 15 is 0 Å². The molecule has 8 nitrogen and oxygen atoms in total. The Morgan fingerprint density at radius 2 is 1.79 bits per heavy atom. The topological polar surface area (TPSA) is 89.2 Å². The van der Waals surface area contributed by atoms with Crippen LogP contribution in [-0.2, 0) is 16.1 Å². The Labute approximate surface area is 197 Å². The number of rotatable bonds is 5. The number of hydrogen-bond acceptors (Lipinski definition) is 4. The first-order valence-corrected chi connectivity index (χ1v) is 11.6. The first-order chi connectivity index (χ1) is 15.8. The lowest BCUT2D eigenvalue weighted by molar-refractivity contribution is -0.136. The van der Waals surface area contributed by atoms with Crippen LogP contribution >= 0.6 is 11.6 Å². The van der Waals surface area contributed by atoms with Crippen molar-refractivity contribution in [2.24, 2.45) is 0 Å². The van der Waals surface area contributed by atoms with Gasteiger partial charge < -0.3 is 10.2 Å². The van der Waals surface area contributed by atoms with Gasteiger partial charge in [0.1, 0.15) is 18.9 Å². The van der Waals surface area contributed by atoms with E-state index in [-0.39, 0.29) is 18.0 Å². The van der Waals surface area contributed by atoms with Crippen molar-refractivity contribution in [2.45, 2.75) is 52.6 Å². The van der Waals surface area contributed by atoms with E-state index in [1.807, 2.05) is 30.5 Å². The quantitative estimate of drug-likeness (QED) is 0.622. The molecule has 1 N–H and O–H groups in total. The highest BCUT2D eigenvalue weighted by Crippen LogP contribution is 2.25. The molecule has 9 heteroatoms. The number of nitrogens with one attached hydrogen (secondary N) is 1. The molecule has 2 amide bonds. The third kappa shape index (κ3) is 4.53. The first-order valence-electron chi connectivity index (χ1n) is 11.2. The molecule has 4 rings (SSSR count). The number of carbonyl (C=O) groups excluding carboxylic acids is 2. The van der Waals surface area contributed by atoms with Crippen LogP contribution in [0.4, 0.5) is 0 Å². The number of carbonyl (C=O) groups is 2. The van der Waals surface area contributed by atoms with Gasteiger partial charge in [-0.1, -0.05) is 11.6 Å². The summed E-state index contributed by atoms with van der Waals surface area (Å²) in [7, 11) is 0. The smallest absolute Gasteiger partial charge is 0.263 e. The number of nitrogens with zero attached hydrogens (tertiary/aromatic N) is 4. The molecule has 2 aromatic heterocycles. The predicted octanol–water partition coefficient (Wildman–Crippen LogP) is 2.97. The van der Waals surface area contributed by atoms with Crippen molar-refractivity contribution < 1.29 is 9.59 Å². The lowest BCUT2D eigenvalue weighted by atomic mass is 10.1. The lowest BCUT2D eigenvalue weighted by Crippen LogP contribution is -2.49. The van der Waals surface area contributed by atoms with E-state index in [0.717, 1.165) is 49.3 Å². The second-order valence-electron chi connectivity index (χ2n) is 8.57. The number of piperidine rings is 1. The van der Waals surface area contributed by atoms with Crippen molar-refractivity contribution in [2.75, 3.05) is 13.1 Å². The van der Waals surface area contributed by atoms with Crippen molar-refractivity contribution in [1.29, 1.82) is 0 Å². The third-order valence-corrected chi connectivity index (χ3v) is 6.55. The molecule has 3 heterocycles. The van der Waals surface area contributed by atoms with E-state index in [0.29, 0.717) is 16.1 Å². The third-order valence-electron chi connectivity index (χ3n) is 6.30. The Hall–Kier alpha value is -3.13. The predicted molar refractivity (Wildman–Crippen MR) is 128 cm³/mol. The molecule has 0 unspecified atom stereocenters. The summed E-state index contributed by atoms with van der Waals surface area (Å²) < 4.78 is 3.20. The second-order valence-corrected chi connectivity index (χ2v) is 9.01. The van der Waals surface area contributed by atoms with E-state index in [1.165, 1.54) is 10.9 Å². The van der Waals surface area contributed by atoms with Crippen LogP contribution < -0.4 is 10.9 Å². The Balaban J connectivity index is 1.56. The van der Waals surface area contributed by atoms with Gasteiger partial charge in [0.2, 0.25) is 11.8 Å². The molecular formula is C24H28ClN5O3. The van der Waals surface area contributed by atoms with E-state index in [2.05, 4.69) is 10.3 Å². The van der Waals surface area contributed by atoms with Crippen LogP contribution in [0.1, 0.15) is 37.4 Å². The highest BCUT2D eigenvalue weighted by Gasteiger charge is 2.24. The molecule has 1 aliphatic heterocycles. The van der Waals surface area contributed by atoms with Crippen molar-refractivity contribution in [3.05, 3.63) is 57.2 Å². The molecular weight excluding hydrogens is 442 g/mol. The summed E-state index contributed by atoms with van der Waals surface area (Å²) in [5.74, 6) is -0.488. The lowest BCUT2D eigenvalue weighted by Gasteiger charge is -2.29. The molecule has 174 valence electrons. The van der Waals surface area contributed by atoms with Crippen molar-refractivity contribution in [3.63, 3.8) is 0 Å². The summed E-state index contributed by atoms with van der Waals surface area (Å²) in [6.07, 6.45) is 4.48. The first kappa shape index (κ1) is 23.0. The fourth-order valence-electron chi connectivity index (χ4n) is 4.40. The van der Waals surface area contributed by atoms with E-state index in [9.17, 15) is 14.4 Å². The van der Waals surface area contributed by atoms with Crippen LogP contribution in [0.25, 0.3) is 16.7 Å². The van der Waals surface area contributed by atoms with Crippen molar-refractivity contribution in [3.8, 4) is 5.69 Å². The monoisotopic (exact) mass is 469 g/mol. The molecule has 0 aliphatic carbocycles. The molecule has 3 aromatic rings. The largest absolute Gasteiger partial charge is 0.343 e. The minimum absolute atomic E-state index is 0.0875. The van der Waals surface area contributed by atoms with E-state index in [1.54, 1.807) is 24.0 Å². The summed E-state index contributed by atoms with van der Waals surface area (Å²) in [5, 5.41) is 3.82. The summed E-state index contributed by atoms with van der Waals surface area (Å²) in [6.45, 7) is 6.72. The summed E-state index contributed by atoms with van der Waals surface area (Å²) in [5.41, 5.74) is 2.78. The zero-order valence-corrected chi connectivity index (χ0v) is 19.9. The van der Waals surface area contributed by atoms with Crippen molar-refractivity contribution >= 4 is 34.4 Å². The number of fused-ring (bicyclic) bond motifs is 1. The van der Waals surface area contributed by atoms with Gasteiger partial charge in [0, 0.05) is 29.5 Å². The normalized spacial score (nSPS) is 15.0. The van der Waals surface area contributed by atoms with Crippen LogP contribution in [0.15, 0.2) is 35.4 Å². The number of benzene rings is 1. The average molecular weight is 470 g/mol. The number of halogens is 1. The van der Waals surface area contributed by atoms with Crippen LogP contribution in [0.2, 0.25) is 5.02 Å². The number of aryl methyl sites for hydroxylation is 1. The minimum Gasteiger partial charge on any atom is -0.343 e. The second kappa shape index (κ2) is 9.39. The van der Waals surface area contributed by atoms with Crippen LogP contribution in [0.5, 0.6) is 0 Å². The molecule has 1 fully saturated rings. The molecule has 1 aromatic carbocycles. The Morgan fingerprint density at radius 1 is 1.12 bits per heavy atom. The van der Waals surface area contributed by atoms with Gasteiger partial charge in [-0.15, -0.1) is 0 Å². The Kier molecular flexibility index (Phi) is 6.56. The molecule has 1 saturated heterocycles. The van der Waals surface area contributed by atoms with E-state index < -0.39 is 11.9 Å². The number of aromatic nitrogens is 3. The maximum absolute atomic E-state index is 13.2. The highest BCUT2D eigenvalue weighted by atomic mass is 35.5. The average Bonchev–Trinajstić information content (AvgIpc) is 3.07. The molecule has 0 bridgehead atoms. The Morgan fingerprint density at radius 3 is 2.45 bits per heavy atom. The molecule has 1 atom stereocenters. The zero-order valence-electron chi connectivity index (χ0n) is 19.1. The number of amides is 2. The van der Waals surface area contributed by atoms with Gasteiger partial charge in [-0.25, -0.2) is 4.98 Å². The fraction of sp³-hybridized carbons (Fsp3) is 0.417. The fourth-order valence-corrected chi connectivity index (χ4v) is 4.52. The number of hydrogen-bond donors (Lipinski definition) is 1. The van der Waals surface area contributed by atoms with Gasteiger partial charge >= 0.3 is 0 Å². The Bertz CT molecular complexity index is 1260.